The van der Waals surface area contributed by atoms with Crippen LogP contribution in [-0.4, -0.2) is 4.98 Å². The van der Waals surface area contributed by atoms with Gasteiger partial charge in [0.25, 0.3) is 0 Å². The third-order valence-electron chi connectivity index (χ3n) is 1.75. The van der Waals surface area contributed by atoms with E-state index in [1.165, 1.54) is 17.8 Å². The van der Waals surface area contributed by atoms with Crippen molar-refractivity contribution >= 4 is 27.7 Å². The van der Waals surface area contributed by atoms with Crippen LogP contribution in [0.15, 0.2) is 57.0 Å². The fraction of sp³-hybridized carbons (Fsp3) is 0. The number of halogens is 2. The number of hydrogen-bond acceptors (Lipinski definition) is 2. The Morgan fingerprint density at radius 1 is 1.13 bits per heavy atom. The van der Waals surface area contributed by atoms with E-state index in [1.54, 1.807) is 18.3 Å². The SMILES string of the molecule is Fc1ccccc1Sc1ccc(Br)cn1. The van der Waals surface area contributed by atoms with Crippen molar-refractivity contribution in [1.29, 1.82) is 0 Å². The van der Waals surface area contributed by atoms with Gasteiger partial charge < -0.3 is 0 Å². The van der Waals surface area contributed by atoms with Crippen LogP contribution in [0.2, 0.25) is 0 Å². The molecule has 0 atom stereocenters. The summed E-state index contributed by atoms with van der Waals surface area (Å²) in [5.74, 6) is -0.216. The Morgan fingerprint density at radius 2 is 1.93 bits per heavy atom. The Bertz CT molecular complexity index is 458. The van der Waals surface area contributed by atoms with Gasteiger partial charge in [-0.1, -0.05) is 23.9 Å². The van der Waals surface area contributed by atoms with Crippen molar-refractivity contribution in [3.05, 3.63) is 52.9 Å². The van der Waals surface area contributed by atoms with Crippen molar-refractivity contribution in [1.82, 2.24) is 4.98 Å². The normalized spacial score (nSPS) is 10.3. The van der Waals surface area contributed by atoms with Crippen LogP contribution in [0.3, 0.4) is 0 Å². The molecule has 15 heavy (non-hydrogen) atoms. The molecular weight excluding hydrogens is 277 g/mol. The monoisotopic (exact) mass is 283 g/mol. The van der Waals surface area contributed by atoms with E-state index in [0.29, 0.717) is 4.90 Å². The molecule has 0 saturated carbocycles. The van der Waals surface area contributed by atoms with E-state index in [-0.39, 0.29) is 5.82 Å². The third-order valence-corrected chi connectivity index (χ3v) is 3.22. The molecule has 0 amide bonds. The highest BCUT2D eigenvalue weighted by atomic mass is 79.9. The Balaban J connectivity index is 2.22. The molecule has 0 bridgehead atoms. The van der Waals surface area contributed by atoms with E-state index in [2.05, 4.69) is 20.9 Å². The zero-order valence-corrected chi connectivity index (χ0v) is 10.1. The molecule has 1 aromatic heterocycles. The topological polar surface area (TPSA) is 12.9 Å². The molecule has 4 heteroatoms. The summed E-state index contributed by atoms with van der Waals surface area (Å²) in [4.78, 5) is 4.75. The molecule has 76 valence electrons. The first-order valence-electron chi connectivity index (χ1n) is 4.29. The van der Waals surface area contributed by atoms with Gasteiger partial charge in [0, 0.05) is 15.6 Å². The molecule has 0 unspecified atom stereocenters. The maximum absolute atomic E-state index is 13.3. The Morgan fingerprint density at radius 3 is 2.60 bits per heavy atom. The number of nitrogens with zero attached hydrogens (tertiary/aromatic N) is 1. The molecule has 0 aliphatic rings. The van der Waals surface area contributed by atoms with Gasteiger partial charge in [-0.25, -0.2) is 9.37 Å². The van der Waals surface area contributed by atoms with Gasteiger partial charge in [-0.3, -0.25) is 0 Å². The van der Waals surface area contributed by atoms with E-state index in [0.717, 1.165) is 9.50 Å². The van der Waals surface area contributed by atoms with Gasteiger partial charge in [0.05, 0.1) is 0 Å². The van der Waals surface area contributed by atoms with Crippen LogP contribution in [0.1, 0.15) is 0 Å². The number of rotatable bonds is 2. The first-order valence-corrected chi connectivity index (χ1v) is 5.90. The van der Waals surface area contributed by atoms with Crippen molar-refractivity contribution < 1.29 is 4.39 Å². The Hall–Kier alpha value is -0.870. The second-order valence-electron chi connectivity index (χ2n) is 2.85. The highest BCUT2D eigenvalue weighted by Crippen LogP contribution is 2.28. The maximum atomic E-state index is 13.3. The summed E-state index contributed by atoms with van der Waals surface area (Å²) in [5.41, 5.74) is 0. The minimum absolute atomic E-state index is 0.216. The average molecular weight is 284 g/mol. The van der Waals surface area contributed by atoms with Gasteiger partial charge in [0.1, 0.15) is 10.8 Å². The second-order valence-corrected chi connectivity index (χ2v) is 4.83. The first-order chi connectivity index (χ1) is 7.25. The lowest BCUT2D eigenvalue weighted by molar-refractivity contribution is 0.602. The predicted octanol–water partition coefficient (Wildman–Crippen LogP) is 4.13. The summed E-state index contributed by atoms with van der Waals surface area (Å²) in [6, 6.07) is 10.4. The van der Waals surface area contributed by atoms with Crippen LogP contribution in [-0.2, 0) is 0 Å². The minimum atomic E-state index is -0.216. The molecule has 0 N–H and O–H groups in total. The molecular formula is C11H7BrFNS. The van der Waals surface area contributed by atoms with E-state index in [4.69, 9.17) is 0 Å². The summed E-state index contributed by atoms with van der Waals surface area (Å²) >= 11 is 4.62. The lowest BCUT2D eigenvalue weighted by Gasteiger charge is -2.01. The quantitative estimate of drug-likeness (QED) is 0.822. The van der Waals surface area contributed by atoms with Crippen LogP contribution in [0.25, 0.3) is 0 Å². The molecule has 1 aromatic carbocycles. The molecule has 1 heterocycles. The van der Waals surface area contributed by atoms with Gasteiger partial charge in [0.15, 0.2) is 0 Å². The summed E-state index contributed by atoms with van der Waals surface area (Å²) in [6.07, 6.45) is 1.70. The van der Waals surface area contributed by atoms with E-state index in [9.17, 15) is 4.39 Å². The Kier molecular flexibility index (Phi) is 3.38. The summed E-state index contributed by atoms with van der Waals surface area (Å²) in [5, 5.41) is 0.781. The van der Waals surface area contributed by atoms with Gasteiger partial charge in [0.2, 0.25) is 0 Å². The predicted molar refractivity (Wildman–Crippen MR) is 62.5 cm³/mol. The van der Waals surface area contributed by atoms with Crippen molar-refractivity contribution in [3.8, 4) is 0 Å². The van der Waals surface area contributed by atoms with Crippen molar-refractivity contribution in [3.63, 3.8) is 0 Å². The largest absolute Gasteiger partial charge is 0.248 e. The summed E-state index contributed by atoms with van der Waals surface area (Å²) in [7, 11) is 0. The molecule has 2 rings (SSSR count). The summed E-state index contributed by atoms with van der Waals surface area (Å²) in [6.45, 7) is 0. The van der Waals surface area contributed by atoms with Crippen LogP contribution in [0, 0.1) is 5.82 Å². The van der Waals surface area contributed by atoms with Crippen LogP contribution < -0.4 is 0 Å². The molecule has 0 spiro atoms. The summed E-state index contributed by atoms with van der Waals surface area (Å²) < 4.78 is 14.2. The number of benzene rings is 1. The van der Waals surface area contributed by atoms with Crippen LogP contribution in [0.5, 0.6) is 0 Å². The molecule has 0 radical (unpaired) electrons. The van der Waals surface area contributed by atoms with Gasteiger partial charge in [-0.05, 0) is 40.2 Å². The molecule has 0 aliphatic carbocycles. The molecule has 0 fully saturated rings. The molecule has 0 saturated heterocycles. The highest BCUT2D eigenvalue weighted by Gasteiger charge is 2.03. The van der Waals surface area contributed by atoms with Crippen molar-refractivity contribution in [2.24, 2.45) is 0 Å². The third kappa shape index (κ3) is 2.79. The van der Waals surface area contributed by atoms with Crippen LogP contribution >= 0.6 is 27.7 Å². The van der Waals surface area contributed by atoms with Crippen molar-refractivity contribution in [2.75, 3.05) is 0 Å². The molecule has 0 aliphatic heterocycles. The smallest absolute Gasteiger partial charge is 0.137 e. The van der Waals surface area contributed by atoms with Crippen molar-refractivity contribution in [2.45, 2.75) is 9.92 Å². The number of pyridine rings is 1. The number of hydrogen-bond donors (Lipinski definition) is 0. The van der Waals surface area contributed by atoms with E-state index in [1.807, 2.05) is 18.2 Å². The lowest BCUT2D eigenvalue weighted by Crippen LogP contribution is -1.82. The van der Waals surface area contributed by atoms with Crippen LogP contribution in [0.4, 0.5) is 4.39 Å². The molecule has 1 nitrogen and oxygen atoms in total. The lowest BCUT2D eigenvalue weighted by atomic mass is 10.3. The zero-order chi connectivity index (χ0) is 10.7. The zero-order valence-electron chi connectivity index (χ0n) is 7.65. The maximum Gasteiger partial charge on any atom is 0.137 e. The second kappa shape index (κ2) is 4.77. The number of aromatic nitrogens is 1. The fourth-order valence-electron chi connectivity index (χ4n) is 1.06. The van der Waals surface area contributed by atoms with Gasteiger partial charge >= 0.3 is 0 Å². The minimum Gasteiger partial charge on any atom is -0.248 e. The first kappa shape index (κ1) is 10.6. The fourth-order valence-corrected chi connectivity index (χ4v) is 2.08. The van der Waals surface area contributed by atoms with E-state index >= 15 is 0 Å². The Labute approximate surface area is 99.9 Å². The highest BCUT2D eigenvalue weighted by molar-refractivity contribution is 9.10. The average Bonchev–Trinajstić information content (AvgIpc) is 2.25. The molecule has 2 aromatic rings. The van der Waals surface area contributed by atoms with Gasteiger partial charge in [-0.2, -0.15) is 0 Å². The van der Waals surface area contributed by atoms with Gasteiger partial charge in [-0.15, -0.1) is 0 Å². The standard InChI is InChI=1S/C11H7BrFNS/c12-8-5-6-11(14-7-8)15-10-4-2-1-3-9(10)13/h1-7H. The van der Waals surface area contributed by atoms with E-state index < -0.39 is 0 Å².